The molecule has 1 saturated carbocycles. The van der Waals surface area contributed by atoms with E-state index >= 15 is 0 Å². The number of nitrogens with one attached hydrogen (secondary N) is 1. The molecule has 162 valence electrons. The smallest absolute Gasteiger partial charge is 0.164 e. The molecule has 0 unspecified atom stereocenters. The van der Waals surface area contributed by atoms with Gasteiger partial charge in [-0.15, -0.1) is 0 Å². The second kappa shape index (κ2) is 8.38. The lowest BCUT2D eigenvalue weighted by Gasteiger charge is -2.28. The number of nitrogen functional groups attached to an aromatic ring is 1. The minimum Gasteiger partial charge on any atom is -0.382 e. The lowest BCUT2D eigenvalue weighted by atomic mass is 10.1. The Morgan fingerprint density at radius 2 is 1.75 bits per heavy atom. The molecule has 1 fully saturated rings. The molecule has 1 aliphatic heterocycles. The van der Waals surface area contributed by atoms with Gasteiger partial charge in [-0.05, 0) is 36.1 Å². The Morgan fingerprint density at radius 1 is 1.03 bits per heavy atom. The summed E-state index contributed by atoms with van der Waals surface area (Å²) in [4.78, 5) is 13.2. The largest absolute Gasteiger partial charge is 0.382 e. The SMILES string of the molecule is C=C(NCc1ccc(N2C(=C)N(C3CCCC3)c3ncnc(N)c32)cc1)c1ccccc1. The van der Waals surface area contributed by atoms with Crippen molar-refractivity contribution in [2.75, 3.05) is 15.5 Å². The molecular formula is C26H28N6. The Morgan fingerprint density at radius 3 is 2.47 bits per heavy atom. The van der Waals surface area contributed by atoms with Gasteiger partial charge in [0, 0.05) is 24.0 Å². The molecule has 0 amide bonds. The topological polar surface area (TPSA) is 70.3 Å². The van der Waals surface area contributed by atoms with Gasteiger partial charge in [0.2, 0.25) is 0 Å². The van der Waals surface area contributed by atoms with Crippen molar-refractivity contribution in [3.63, 3.8) is 0 Å². The summed E-state index contributed by atoms with van der Waals surface area (Å²) in [6, 6.07) is 19.0. The van der Waals surface area contributed by atoms with E-state index in [1.54, 1.807) is 6.33 Å². The van der Waals surface area contributed by atoms with E-state index in [1.807, 2.05) is 18.2 Å². The van der Waals surface area contributed by atoms with Gasteiger partial charge in [0.15, 0.2) is 11.6 Å². The first-order chi connectivity index (χ1) is 15.6. The van der Waals surface area contributed by atoms with Crippen molar-refractivity contribution in [2.45, 2.75) is 38.3 Å². The van der Waals surface area contributed by atoms with E-state index in [0.717, 1.165) is 47.1 Å². The lowest BCUT2D eigenvalue weighted by molar-refractivity contribution is 0.655. The highest BCUT2D eigenvalue weighted by molar-refractivity contribution is 5.92. The number of hydrogen-bond acceptors (Lipinski definition) is 6. The second-order valence-electron chi connectivity index (χ2n) is 8.36. The number of hydrogen-bond donors (Lipinski definition) is 2. The fourth-order valence-corrected chi connectivity index (χ4v) is 4.67. The zero-order valence-corrected chi connectivity index (χ0v) is 18.2. The summed E-state index contributed by atoms with van der Waals surface area (Å²) in [5.74, 6) is 2.23. The zero-order chi connectivity index (χ0) is 22.1. The lowest BCUT2D eigenvalue weighted by Crippen LogP contribution is -2.33. The Labute approximate surface area is 189 Å². The van der Waals surface area contributed by atoms with Crippen LogP contribution in [0.2, 0.25) is 0 Å². The summed E-state index contributed by atoms with van der Waals surface area (Å²) in [5.41, 5.74) is 11.3. The average Bonchev–Trinajstić information content (AvgIpc) is 3.44. The molecule has 0 saturated heterocycles. The fourth-order valence-electron chi connectivity index (χ4n) is 4.67. The molecule has 6 nitrogen and oxygen atoms in total. The first kappa shape index (κ1) is 20.1. The van der Waals surface area contributed by atoms with Crippen molar-refractivity contribution in [1.82, 2.24) is 15.3 Å². The van der Waals surface area contributed by atoms with Crippen molar-refractivity contribution in [1.29, 1.82) is 0 Å². The van der Waals surface area contributed by atoms with E-state index in [9.17, 15) is 0 Å². The number of aromatic nitrogens is 2. The molecule has 0 atom stereocenters. The van der Waals surface area contributed by atoms with E-state index in [0.29, 0.717) is 18.4 Å². The van der Waals surface area contributed by atoms with Crippen molar-refractivity contribution in [2.24, 2.45) is 0 Å². The zero-order valence-electron chi connectivity index (χ0n) is 18.2. The molecule has 3 aromatic rings. The summed E-state index contributed by atoms with van der Waals surface area (Å²) in [7, 11) is 0. The minimum absolute atomic E-state index is 0.410. The van der Waals surface area contributed by atoms with Crippen LogP contribution in [-0.2, 0) is 6.54 Å². The molecule has 1 aliphatic carbocycles. The van der Waals surface area contributed by atoms with Crippen LogP contribution in [0.4, 0.5) is 23.0 Å². The van der Waals surface area contributed by atoms with Crippen molar-refractivity contribution in [3.05, 3.63) is 91.0 Å². The van der Waals surface area contributed by atoms with Crippen LogP contribution < -0.4 is 20.9 Å². The van der Waals surface area contributed by atoms with Crippen LogP contribution in [0.5, 0.6) is 0 Å². The van der Waals surface area contributed by atoms with Gasteiger partial charge >= 0.3 is 0 Å². The van der Waals surface area contributed by atoms with E-state index in [-0.39, 0.29) is 0 Å². The highest BCUT2D eigenvalue weighted by atomic mass is 15.4. The summed E-state index contributed by atoms with van der Waals surface area (Å²) < 4.78 is 0. The van der Waals surface area contributed by atoms with Gasteiger partial charge in [-0.2, -0.15) is 0 Å². The van der Waals surface area contributed by atoms with Gasteiger partial charge < -0.3 is 16.0 Å². The highest BCUT2D eigenvalue weighted by Crippen LogP contribution is 2.49. The van der Waals surface area contributed by atoms with Gasteiger partial charge in [0.05, 0.1) is 0 Å². The minimum atomic E-state index is 0.410. The number of nitrogens with zero attached hydrogens (tertiary/aromatic N) is 4. The monoisotopic (exact) mass is 424 g/mol. The quantitative estimate of drug-likeness (QED) is 0.567. The molecule has 3 N–H and O–H groups in total. The molecular weight excluding hydrogens is 396 g/mol. The molecule has 0 bridgehead atoms. The van der Waals surface area contributed by atoms with Crippen LogP contribution in [0.1, 0.15) is 36.8 Å². The number of anilines is 4. The average molecular weight is 425 g/mol. The summed E-state index contributed by atoms with van der Waals surface area (Å²) >= 11 is 0. The van der Waals surface area contributed by atoms with Crippen molar-refractivity contribution >= 4 is 28.7 Å². The molecule has 0 radical (unpaired) electrons. The number of nitrogens with two attached hydrogens (primary N) is 1. The van der Waals surface area contributed by atoms with E-state index in [1.165, 1.54) is 18.4 Å². The summed E-state index contributed by atoms with van der Waals surface area (Å²) in [6.45, 7) is 9.26. The van der Waals surface area contributed by atoms with Crippen LogP contribution in [0.25, 0.3) is 5.70 Å². The summed E-state index contributed by atoms with van der Waals surface area (Å²) in [6.07, 6.45) is 6.31. The first-order valence-corrected chi connectivity index (χ1v) is 11.1. The Kier molecular flexibility index (Phi) is 5.27. The predicted molar refractivity (Wildman–Crippen MR) is 131 cm³/mol. The van der Waals surface area contributed by atoms with E-state index < -0.39 is 0 Å². The third-order valence-electron chi connectivity index (χ3n) is 6.33. The second-order valence-corrected chi connectivity index (χ2v) is 8.36. The normalized spacial score (nSPS) is 15.8. The maximum absolute atomic E-state index is 6.31. The van der Waals surface area contributed by atoms with E-state index in [4.69, 9.17) is 5.73 Å². The molecule has 2 aromatic carbocycles. The van der Waals surface area contributed by atoms with Crippen molar-refractivity contribution < 1.29 is 0 Å². The number of rotatable bonds is 6. The standard InChI is InChI=1S/C26H28N6/c1-18(21-8-4-3-5-9-21)28-16-20-12-14-23(15-13-20)31-19(2)32(22-10-6-7-11-22)26-24(31)25(27)29-17-30-26/h3-5,8-9,12-15,17,22,28H,1-2,6-7,10-11,16H2,(H2,27,29,30). The maximum atomic E-state index is 6.31. The third kappa shape index (κ3) is 3.58. The van der Waals surface area contributed by atoms with Crippen LogP contribution in [-0.4, -0.2) is 16.0 Å². The third-order valence-corrected chi connectivity index (χ3v) is 6.33. The van der Waals surface area contributed by atoms with Gasteiger partial charge in [-0.1, -0.05) is 68.5 Å². The molecule has 0 spiro atoms. The van der Waals surface area contributed by atoms with Crippen LogP contribution in [0.3, 0.4) is 0 Å². The van der Waals surface area contributed by atoms with Crippen molar-refractivity contribution in [3.8, 4) is 0 Å². The van der Waals surface area contributed by atoms with E-state index in [2.05, 4.69) is 74.6 Å². The molecule has 6 heteroatoms. The molecule has 1 aromatic heterocycles. The van der Waals surface area contributed by atoms with Crippen LogP contribution in [0, 0.1) is 0 Å². The van der Waals surface area contributed by atoms with Crippen LogP contribution >= 0.6 is 0 Å². The fraction of sp³-hybridized carbons (Fsp3) is 0.231. The number of fused-ring (bicyclic) bond motifs is 1. The molecule has 2 aliphatic rings. The van der Waals surface area contributed by atoms with Gasteiger partial charge in [0.1, 0.15) is 17.8 Å². The predicted octanol–water partition coefficient (Wildman–Crippen LogP) is 5.19. The first-order valence-electron chi connectivity index (χ1n) is 11.1. The summed E-state index contributed by atoms with van der Waals surface area (Å²) in [5, 5.41) is 3.41. The molecule has 5 rings (SSSR count). The maximum Gasteiger partial charge on any atom is 0.164 e. The number of benzene rings is 2. The molecule has 2 heterocycles. The molecule has 32 heavy (non-hydrogen) atoms. The van der Waals surface area contributed by atoms with Gasteiger partial charge in [-0.25, -0.2) is 9.97 Å². The Balaban J connectivity index is 1.37. The van der Waals surface area contributed by atoms with Gasteiger partial charge in [-0.3, -0.25) is 4.90 Å². The Bertz CT molecular complexity index is 1130. The van der Waals surface area contributed by atoms with Crippen LogP contribution in [0.15, 0.2) is 79.9 Å². The highest BCUT2D eigenvalue weighted by Gasteiger charge is 2.39. The van der Waals surface area contributed by atoms with Gasteiger partial charge in [0.25, 0.3) is 0 Å². The Hall–Kier alpha value is -3.80.